The second kappa shape index (κ2) is 7.97. The van der Waals surface area contributed by atoms with Gasteiger partial charge in [-0.05, 0) is 61.1 Å². The van der Waals surface area contributed by atoms with Gasteiger partial charge in [-0.15, -0.1) is 0 Å². The Balaban J connectivity index is 2.04. The molecule has 132 valence electrons. The molecule has 0 atom stereocenters. The number of anilines is 2. The molecule has 4 heteroatoms. The number of para-hydroxylation sites is 1. The van der Waals surface area contributed by atoms with E-state index >= 15 is 0 Å². The molecule has 0 spiro atoms. The number of amides is 2. The largest absolute Gasteiger partial charge is 0.326 e. The van der Waals surface area contributed by atoms with Crippen LogP contribution < -0.4 is 10.6 Å². The fraction of sp³-hybridized carbons (Fsp3) is 0.333. The van der Waals surface area contributed by atoms with Gasteiger partial charge in [0.15, 0.2) is 0 Å². The molecule has 0 saturated heterocycles. The number of hydrogen-bond donors (Lipinski definition) is 2. The molecule has 0 aliphatic carbocycles. The summed E-state index contributed by atoms with van der Waals surface area (Å²) in [4.78, 5) is 24.5. The third-order valence-electron chi connectivity index (χ3n) is 4.02. The average molecular weight is 338 g/mol. The Morgan fingerprint density at radius 2 is 1.52 bits per heavy atom. The van der Waals surface area contributed by atoms with Crippen molar-refractivity contribution >= 4 is 23.2 Å². The van der Waals surface area contributed by atoms with E-state index in [1.54, 1.807) is 0 Å². The van der Waals surface area contributed by atoms with Gasteiger partial charge in [-0.1, -0.05) is 38.1 Å². The molecular weight excluding hydrogens is 312 g/mol. The monoisotopic (exact) mass is 338 g/mol. The van der Waals surface area contributed by atoms with Crippen molar-refractivity contribution in [3.63, 3.8) is 0 Å². The second-order valence-corrected chi connectivity index (χ2v) is 6.84. The predicted molar refractivity (Wildman–Crippen MR) is 103 cm³/mol. The molecule has 0 unspecified atom stereocenters. The highest BCUT2D eigenvalue weighted by atomic mass is 16.2. The van der Waals surface area contributed by atoms with Gasteiger partial charge >= 0.3 is 0 Å². The van der Waals surface area contributed by atoms with Crippen molar-refractivity contribution in [2.75, 3.05) is 10.6 Å². The third kappa shape index (κ3) is 5.18. The zero-order chi connectivity index (χ0) is 18.6. The van der Waals surface area contributed by atoms with Crippen LogP contribution in [0.1, 0.15) is 48.4 Å². The predicted octanol–water partition coefficient (Wildman–Crippen LogP) is 4.70. The number of nitrogens with one attached hydrogen (secondary N) is 2. The Morgan fingerprint density at radius 3 is 2.12 bits per heavy atom. The van der Waals surface area contributed by atoms with Crippen LogP contribution in [-0.4, -0.2) is 11.8 Å². The molecule has 4 nitrogen and oxygen atoms in total. The number of aryl methyl sites for hydroxylation is 3. The van der Waals surface area contributed by atoms with Gasteiger partial charge in [0.05, 0.1) is 0 Å². The van der Waals surface area contributed by atoms with Crippen molar-refractivity contribution in [1.29, 1.82) is 0 Å². The molecule has 0 radical (unpaired) electrons. The van der Waals surface area contributed by atoms with Gasteiger partial charge in [0.1, 0.15) is 6.42 Å². The smallest absolute Gasteiger partial charge is 0.233 e. The van der Waals surface area contributed by atoms with Crippen molar-refractivity contribution in [3.05, 3.63) is 58.7 Å². The number of rotatable bonds is 5. The minimum atomic E-state index is -0.317. The first-order valence-electron chi connectivity index (χ1n) is 8.53. The van der Waals surface area contributed by atoms with E-state index in [-0.39, 0.29) is 18.2 Å². The molecule has 0 aliphatic rings. The molecule has 0 fully saturated rings. The van der Waals surface area contributed by atoms with Crippen LogP contribution in [0.4, 0.5) is 11.4 Å². The highest BCUT2D eigenvalue weighted by Crippen LogP contribution is 2.27. The lowest BCUT2D eigenvalue weighted by Crippen LogP contribution is -2.22. The first-order chi connectivity index (χ1) is 11.8. The van der Waals surface area contributed by atoms with Gasteiger partial charge in [0.25, 0.3) is 0 Å². The molecule has 0 aliphatic heterocycles. The Morgan fingerprint density at radius 1 is 0.920 bits per heavy atom. The van der Waals surface area contributed by atoms with Gasteiger partial charge in [-0.25, -0.2) is 0 Å². The minimum Gasteiger partial charge on any atom is -0.326 e. The minimum absolute atomic E-state index is 0.209. The molecule has 2 aromatic rings. The molecule has 0 aromatic heterocycles. The van der Waals surface area contributed by atoms with Gasteiger partial charge < -0.3 is 10.6 Å². The third-order valence-corrected chi connectivity index (χ3v) is 4.02. The molecule has 2 rings (SSSR count). The quantitative estimate of drug-likeness (QED) is 0.776. The van der Waals surface area contributed by atoms with E-state index in [9.17, 15) is 9.59 Å². The Labute approximate surface area is 149 Å². The molecule has 0 bridgehead atoms. The van der Waals surface area contributed by atoms with Crippen LogP contribution in [0.5, 0.6) is 0 Å². The molecule has 25 heavy (non-hydrogen) atoms. The summed E-state index contributed by atoms with van der Waals surface area (Å²) in [5.41, 5.74) is 5.73. The van der Waals surface area contributed by atoms with Gasteiger partial charge in [-0.3, -0.25) is 9.59 Å². The Hall–Kier alpha value is -2.62. The lowest BCUT2D eigenvalue weighted by atomic mass is 9.98. The van der Waals surface area contributed by atoms with Crippen molar-refractivity contribution in [2.45, 2.75) is 47.0 Å². The summed E-state index contributed by atoms with van der Waals surface area (Å²) in [5.74, 6) is -0.334. The first-order valence-corrected chi connectivity index (χ1v) is 8.53. The lowest BCUT2D eigenvalue weighted by molar-refractivity contribution is -0.123. The van der Waals surface area contributed by atoms with Crippen molar-refractivity contribution in [3.8, 4) is 0 Å². The van der Waals surface area contributed by atoms with E-state index in [2.05, 4.69) is 24.5 Å². The Kier molecular flexibility index (Phi) is 5.97. The summed E-state index contributed by atoms with van der Waals surface area (Å²) in [6.45, 7) is 10.1. The van der Waals surface area contributed by atoms with E-state index in [0.29, 0.717) is 11.6 Å². The fourth-order valence-corrected chi connectivity index (χ4v) is 2.92. The van der Waals surface area contributed by atoms with Crippen LogP contribution in [0.15, 0.2) is 36.4 Å². The molecule has 0 heterocycles. The summed E-state index contributed by atoms with van der Waals surface area (Å²) in [5, 5.41) is 5.69. The van der Waals surface area contributed by atoms with Crippen LogP contribution in [-0.2, 0) is 9.59 Å². The molecule has 2 aromatic carbocycles. The number of hydrogen-bond acceptors (Lipinski definition) is 2. The lowest BCUT2D eigenvalue weighted by Gasteiger charge is -2.16. The highest BCUT2D eigenvalue weighted by Gasteiger charge is 2.15. The molecular formula is C21H26N2O2. The van der Waals surface area contributed by atoms with Crippen molar-refractivity contribution < 1.29 is 9.59 Å². The van der Waals surface area contributed by atoms with Gasteiger partial charge in [0.2, 0.25) is 11.8 Å². The second-order valence-electron chi connectivity index (χ2n) is 6.84. The standard InChI is InChI=1S/C21H26N2O2/c1-13(2)18-8-6-7-16(5)21(18)23-20(25)12-19(24)22-17-10-14(3)9-15(4)11-17/h6-11,13H,12H2,1-5H3,(H,22,24)(H,23,25). The summed E-state index contributed by atoms with van der Waals surface area (Å²) >= 11 is 0. The van der Waals surface area contributed by atoms with Crippen LogP contribution in [0.3, 0.4) is 0 Å². The van der Waals surface area contributed by atoms with Crippen molar-refractivity contribution in [1.82, 2.24) is 0 Å². The highest BCUT2D eigenvalue weighted by molar-refractivity contribution is 6.08. The normalized spacial score (nSPS) is 10.6. The summed E-state index contributed by atoms with van der Waals surface area (Å²) in [7, 11) is 0. The number of carbonyl (C=O) groups excluding carboxylic acids is 2. The first kappa shape index (κ1) is 18.7. The summed E-state index contributed by atoms with van der Waals surface area (Å²) in [6.07, 6.45) is -0.209. The zero-order valence-electron chi connectivity index (χ0n) is 15.6. The maximum atomic E-state index is 12.3. The van der Waals surface area contributed by atoms with E-state index < -0.39 is 0 Å². The maximum Gasteiger partial charge on any atom is 0.233 e. The zero-order valence-corrected chi connectivity index (χ0v) is 15.6. The van der Waals surface area contributed by atoms with Crippen LogP contribution in [0, 0.1) is 20.8 Å². The van der Waals surface area contributed by atoms with Gasteiger partial charge in [0, 0.05) is 11.4 Å². The topological polar surface area (TPSA) is 58.2 Å². The SMILES string of the molecule is Cc1cc(C)cc(NC(=O)CC(=O)Nc2c(C)cccc2C(C)C)c1. The summed E-state index contributed by atoms with van der Waals surface area (Å²) in [6, 6.07) is 11.8. The van der Waals surface area contributed by atoms with Crippen LogP contribution in [0.2, 0.25) is 0 Å². The van der Waals surface area contributed by atoms with E-state index in [0.717, 1.165) is 27.9 Å². The van der Waals surface area contributed by atoms with Crippen molar-refractivity contribution in [2.24, 2.45) is 0 Å². The number of benzene rings is 2. The maximum absolute atomic E-state index is 12.3. The van der Waals surface area contributed by atoms with E-state index in [4.69, 9.17) is 0 Å². The molecule has 2 N–H and O–H groups in total. The average Bonchev–Trinajstić information content (AvgIpc) is 2.47. The van der Waals surface area contributed by atoms with E-state index in [1.807, 2.05) is 57.2 Å². The van der Waals surface area contributed by atoms with Crippen LogP contribution in [0.25, 0.3) is 0 Å². The van der Waals surface area contributed by atoms with Gasteiger partial charge in [-0.2, -0.15) is 0 Å². The molecule has 0 saturated carbocycles. The molecule has 2 amide bonds. The number of carbonyl (C=O) groups is 2. The summed E-state index contributed by atoms with van der Waals surface area (Å²) < 4.78 is 0. The fourth-order valence-electron chi connectivity index (χ4n) is 2.92. The van der Waals surface area contributed by atoms with E-state index in [1.165, 1.54) is 0 Å². The Bertz CT molecular complexity index is 774. The van der Waals surface area contributed by atoms with Crippen LogP contribution >= 0.6 is 0 Å².